The molecule has 3 rings (SSSR count). The van der Waals surface area contributed by atoms with Gasteiger partial charge in [0.15, 0.2) is 0 Å². The summed E-state index contributed by atoms with van der Waals surface area (Å²) in [6, 6.07) is 9.33. The van der Waals surface area contributed by atoms with Crippen LogP contribution in [0, 0.1) is 27.7 Å². The number of aromatic nitrogens is 3. The zero-order chi connectivity index (χ0) is 18.9. The van der Waals surface area contributed by atoms with Crippen LogP contribution in [0.15, 0.2) is 47.6 Å². The molecule has 0 fully saturated rings. The molecule has 1 aromatic carbocycles. The number of aromatic amines is 1. The first-order valence-electron chi connectivity index (χ1n) is 8.31. The van der Waals surface area contributed by atoms with Crippen molar-refractivity contribution in [2.24, 2.45) is 0 Å². The molecule has 0 aliphatic rings. The molecule has 0 aliphatic carbocycles. The van der Waals surface area contributed by atoms with Gasteiger partial charge < -0.3 is 0 Å². The van der Waals surface area contributed by atoms with Gasteiger partial charge in [-0.25, -0.2) is 8.42 Å². The molecular formula is C19H22N4O2S. The van der Waals surface area contributed by atoms with E-state index in [1.165, 1.54) is 4.31 Å². The molecule has 26 heavy (non-hydrogen) atoms. The normalized spacial score (nSPS) is 11.5. The van der Waals surface area contributed by atoms with Gasteiger partial charge >= 0.3 is 0 Å². The van der Waals surface area contributed by atoms with Crippen molar-refractivity contribution in [1.29, 1.82) is 0 Å². The molecule has 7 heteroatoms. The maximum absolute atomic E-state index is 13.5. The number of hydrogen-bond acceptors (Lipinski definition) is 4. The number of anilines is 1. The minimum absolute atomic E-state index is 0.197. The Kier molecular flexibility index (Phi) is 4.82. The van der Waals surface area contributed by atoms with Crippen LogP contribution in [0.1, 0.15) is 28.1 Å². The van der Waals surface area contributed by atoms with Gasteiger partial charge in [0.05, 0.1) is 23.6 Å². The van der Waals surface area contributed by atoms with Crippen molar-refractivity contribution in [2.45, 2.75) is 39.1 Å². The van der Waals surface area contributed by atoms with E-state index in [2.05, 4.69) is 15.2 Å². The Bertz CT molecular complexity index is 1010. The van der Waals surface area contributed by atoms with Crippen LogP contribution in [0.5, 0.6) is 0 Å². The monoisotopic (exact) mass is 370 g/mol. The van der Waals surface area contributed by atoms with Crippen molar-refractivity contribution in [3.63, 3.8) is 0 Å². The maximum atomic E-state index is 13.5. The molecule has 0 amide bonds. The van der Waals surface area contributed by atoms with Gasteiger partial charge in [-0.3, -0.25) is 14.4 Å². The molecule has 0 radical (unpaired) electrons. The quantitative estimate of drug-likeness (QED) is 0.746. The topological polar surface area (TPSA) is 79.0 Å². The predicted octanol–water partition coefficient (Wildman–Crippen LogP) is 3.43. The highest BCUT2D eigenvalue weighted by Crippen LogP contribution is 2.29. The summed E-state index contributed by atoms with van der Waals surface area (Å²) in [5.74, 6) is 0. The molecule has 3 aromatic rings. The minimum Gasteiger partial charge on any atom is -0.281 e. The fourth-order valence-electron chi connectivity index (χ4n) is 2.88. The molecule has 1 N–H and O–H groups in total. The lowest BCUT2D eigenvalue weighted by atomic mass is 10.1. The first-order chi connectivity index (χ1) is 12.3. The lowest BCUT2D eigenvalue weighted by molar-refractivity contribution is 0.589. The summed E-state index contributed by atoms with van der Waals surface area (Å²) < 4.78 is 28.4. The number of aryl methyl sites for hydroxylation is 4. The second-order valence-electron chi connectivity index (χ2n) is 6.40. The molecule has 2 aromatic heterocycles. The summed E-state index contributed by atoms with van der Waals surface area (Å²) in [5, 5.41) is 6.82. The molecule has 0 saturated carbocycles. The lowest BCUT2D eigenvalue weighted by Crippen LogP contribution is -2.31. The summed E-state index contributed by atoms with van der Waals surface area (Å²) >= 11 is 0. The number of rotatable bonds is 5. The largest absolute Gasteiger partial charge is 0.281 e. The average Bonchev–Trinajstić information content (AvgIpc) is 2.95. The van der Waals surface area contributed by atoms with Crippen LogP contribution in [0.25, 0.3) is 0 Å². The van der Waals surface area contributed by atoms with E-state index < -0.39 is 10.0 Å². The Morgan fingerprint density at radius 2 is 1.85 bits per heavy atom. The number of benzene rings is 1. The average molecular weight is 370 g/mol. The summed E-state index contributed by atoms with van der Waals surface area (Å²) in [6.45, 7) is 7.59. The Morgan fingerprint density at radius 3 is 2.42 bits per heavy atom. The van der Waals surface area contributed by atoms with E-state index >= 15 is 0 Å². The lowest BCUT2D eigenvalue weighted by Gasteiger charge is -2.25. The third kappa shape index (κ3) is 3.35. The third-order valence-electron chi connectivity index (χ3n) is 4.44. The molecule has 0 unspecified atom stereocenters. The second kappa shape index (κ2) is 6.92. The van der Waals surface area contributed by atoms with E-state index in [9.17, 15) is 8.42 Å². The van der Waals surface area contributed by atoms with Crippen LogP contribution in [0.4, 0.5) is 5.69 Å². The number of nitrogens with one attached hydrogen (secondary N) is 1. The van der Waals surface area contributed by atoms with Crippen LogP contribution in [-0.4, -0.2) is 23.6 Å². The highest BCUT2D eigenvalue weighted by molar-refractivity contribution is 7.92. The van der Waals surface area contributed by atoms with Gasteiger partial charge in [0.25, 0.3) is 10.0 Å². The predicted molar refractivity (Wildman–Crippen MR) is 102 cm³/mol. The summed E-state index contributed by atoms with van der Waals surface area (Å²) in [5.41, 5.74) is 4.58. The van der Waals surface area contributed by atoms with E-state index in [0.29, 0.717) is 17.1 Å². The van der Waals surface area contributed by atoms with Gasteiger partial charge in [-0.05, 0) is 62.6 Å². The highest BCUT2D eigenvalue weighted by Gasteiger charge is 2.30. The second-order valence-corrected chi connectivity index (χ2v) is 8.20. The zero-order valence-corrected chi connectivity index (χ0v) is 16.1. The van der Waals surface area contributed by atoms with Crippen LogP contribution in [0.3, 0.4) is 0 Å². The van der Waals surface area contributed by atoms with E-state index in [4.69, 9.17) is 0 Å². The highest BCUT2D eigenvalue weighted by atomic mass is 32.2. The standard InChI is InChI=1S/C19H22N4O2S/c1-13-7-8-18(10-14(13)2)23(12-17-6-5-9-20-11-17)26(24,25)19-15(3)21-22-16(19)4/h5-11H,12H2,1-4H3,(H,21,22). The fraction of sp³-hybridized carbons (Fsp3) is 0.263. The fourth-order valence-corrected chi connectivity index (χ4v) is 4.67. The number of sulfonamides is 1. The number of nitrogens with zero attached hydrogens (tertiary/aromatic N) is 3. The third-order valence-corrected chi connectivity index (χ3v) is 6.47. The molecule has 136 valence electrons. The van der Waals surface area contributed by atoms with E-state index in [0.717, 1.165) is 16.7 Å². The van der Waals surface area contributed by atoms with E-state index in [-0.39, 0.29) is 11.4 Å². The van der Waals surface area contributed by atoms with Crippen molar-refractivity contribution in [1.82, 2.24) is 15.2 Å². The van der Waals surface area contributed by atoms with Crippen LogP contribution in [-0.2, 0) is 16.6 Å². The van der Waals surface area contributed by atoms with Crippen molar-refractivity contribution < 1.29 is 8.42 Å². The molecule has 0 spiro atoms. The maximum Gasteiger partial charge on any atom is 0.268 e. The first kappa shape index (κ1) is 18.1. The minimum atomic E-state index is -3.79. The summed E-state index contributed by atoms with van der Waals surface area (Å²) in [7, 11) is -3.79. The number of hydrogen-bond donors (Lipinski definition) is 1. The van der Waals surface area contributed by atoms with Gasteiger partial charge in [0.1, 0.15) is 4.90 Å². The van der Waals surface area contributed by atoms with Crippen LogP contribution in [0.2, 0.25) is 0 Å². The Morgan fingerprint density at radius 1 is 1.08 bits per heavy atom. The molecule has 0 bridgehead atoms. The van der Waals surface area contributed by atoms with E-state index in [1.54, 1.807) is 32.3 Å². The van der Waals surface area contributed by atoms with Gasteiger partial charge in [-0.2, -0.15) is 5.10 Å². The molecule has 0 aliphatic heterocycles. The van der Waals surface area contributed by atoms with Crippen LogP contribution < -0.4 is 4.31 Å². The zero-order valence-electron chi connectivity index (χ0n) is 15.3. The molecular weight excluding hydrogens is 348 g/mol. The summed E-state index contributed by atoms with van der Waals surface area (Å²) in [6.07, 6.45) is 3.35. The molecule has 2 heterocycles. The Hall–Kier alpha value is -2.67. The van der Waals surface area contributed by atoms with E-state index in [1.807, 2.05) is 38.1 Å². The number of pyridine rings is 1. The Balaban J connectivity index is 2.15. The molecule has 6 nitrogen and oxygen atoms in total. The van der Waals surface area contributed by atoms with Crippen molar-refractivity contribution in [3.8, 4) is 0 Å². The van der Waals surface area contributed by atoms with Gasteiger partial charge in [0.2, 0.25) is 0 Å². The first-order valence-corrected chi connectivity index (χ1v) is 9.75. The smallest absolute Gasteiger partial charge is 0.268 e. The van der Waals surface area contributed by atoms with Crippen molar-refractivity contribution in [2.75, 3.05) is 4.31 Å². The SMILES string of the molecule is Cc1ccc(N(Cc2cccnc2)S(=O)(=O)c2c(C)n[nH]c2C)cc1C. The molecule has 0 atom stereocenters. The summed E-state index contributed by atoms with van der Waals surface area (Å²) in [4.78, 5) is 4.32. The molecule has 0 saturated heterocycles. The van der Waals surface area contributed by atoms with Gasteiger partial charge in [0, 0.05) is 12.4 Å². The Labute approximate surface area is 154 Å². The van der Waals surface area contributed by atoms with Crippen molar-refractivity contribution >= 4 is 15.7 Å². The van der Waals surface area contributed by atoms with Gasteiger partial charge in [-0.15, -0.1) is 0 Å². The van der Waals surface area contributed by atoms with Crippen molar-refractivity contribution in [3.05, 3.63) is 70.8 Å². The number of H-pyrrole nitrogens is 1. The van der Waals surface area contributed by atoms with Crippen LogP contribution >= 0.6 is 0 Å². The van der Waals surface area contributed by atoms with Gasteiger partial charge in [-0.1, -0.05) is 12.1 Å².